The molecule has 33 heavy (non-hydrogen) atoms. The maximum absolute atomic E-state index is 13.0. The number of ether oxygens (including phenoxy) is 3. The van der Waals surface area contributed by atoms with Crippen molar-refractivity contribution in [3.63, 3.8) is 0 Å². The molecule has 3 aromatic rings. The number of fused-ring (bicyclic) bond motifs is 3. The molecule has 0 unspecified atom stereocenters. The summed E-state index contributed by atoms with van der Waals surface area (Å²) >= 11 is 0. The van der Waals surface area contributed by atoms with Crippen LogP contribution in [0.5, 0.6) is 11.5 Å². The topological polar surface area (TPSA) is 86.6 Å². The molecule has 0 aromatic heterocycles. The number of carbonyl (C=O) groups is 2. The first-order chi connectivity index (χ1) is 16.1. The summed E-state index contributed by atoms with van der Waals surface area (Å²) in [6.07, 6.45) is -0.309. The fraction of sp³-hybridized carbons (Fsp3) is 0.154. The van der Waals surface area contributed by atoms with E-state index in [0.29, 0.717) is 17.2 Å². The van der Waals surface area contributed by atoms with E-state index in [1.807, 2.05) is 48.5 Å². The monoisotopic (exact) mass is 442 g/mol. The van der Waals surface area contributed by atoms with Crippen molar-refractivity contribution in [2.75, 3.05) is 21.3 Å². The van der Waals surface area contributed by atoms with Gasteiger partial charge in [-0.05, 0) is 29.3 Å². The van der Waals surface area contributed by atoms with Gasteiger partial charge in [-0.25, -0.2) is 4.79 Å². The Morgan fingerprint density at radius 2 is 1.39 bits per heavy atom. The van der Waals surface area contributed by atoms with E-state index in [1.165, 1.54) is 21.3 Å². The fourth-order valence-corrected chi connectivity index (χ4v) is 3.76. The number of benzene rings is 3. The van der Waals surface area contributed by atoms with Crippen molar-refractivity contribution in [1.82, 2.24) is 0 Å². The van der Waals surface area contributed by atoms with Crippen molar-refractivity contribution >= 4 is 23.2 Å². The average molecular weight is 442 g/mol. The first-order valence-corrected chi connectivity index (χ1v) is 10.2. The minimum Gasteiger partial charge on any atom is -0.497 e. The van der Waals surface area contributed by atoms with Crippen LogP contribution in [0.1, 0.15) is 27.9 Å². The number of ketones is 1. The molecule has 166 valence electrons. The van der Waals surface area contributed by atoms with Gasteiger partial charge in [0, 0.05) is 11.1 Å². The van der Waals surface area contributed by atoms with Gasteiger partial charge in [-0.15, -0.1) is 10.2 Å². The lowest BCUT2D eigenvalue weighted by Gasteiger charge is -2.10. The van der Waals surface area contributed by atoms with Gasteiger partial charge in [-0.1, -0.05) is 48.5 Å². The third-order valence-corrected chi connectivity index (χ3v) is 5.38. The number of Topliss-reactive ketones (excluding diaryl/α,β-unsaturated/α-hetero) is 1. The predicted molar refractivity (Wildman–Crippen MR) is 125 cm³/mol. The van der Waals surface area contributed by atoms with E-state index in [-0.39, 0.29) is 23.5 Å². The fourth-order valence-electron chi connectivity index (χ4n) is 3.76. The molecular weight excluding hydrogens is 420 g/mol. The highest BCUT2D eigenvalue weighted by atomic mass is 16.5. The molecule has 0 saturated heterocycles. The molecule has 0 saturated carbocycles. The molecule has 1 aliphatic rings. The summed E-state index contributed by atoms with van der Waals surface area (Å²) < 4.78 is 15.4. The minimum absolute atomic E-state index is 0.110. The quantitative estimate of drug-likeness (QED) is 0.184. The minimum atomic E-state index is -0.728. The SMILES string of the molecule is COC(=O)C(CC(=O)c1cc(OC)ccc1OC)=NN=C1c2ccccc2-c2ccccc21. The standard InChI is InChI=1S/C26H22N2O5/c1-31-16-12-13-24(32-2)21(14-16)23(29)15-22(26(30)33-3)27-28-25-19-10-6-4-8-17(19)18-9-5-7-11-20(18)25/h4-14H,15H2,1-3H3. The number of hydrogen-bond donors (Lipinski definition) is 0. The molecule has 7 nitrogen and oxygen atoms in total. The average Bonchev–Trinajstić information content (AvgIpc) is 3.19. The maximum atomic E-state index is 13.0. The van der Waals surface area contributed by atoms with Crippen molar-refractivity contribution in [2.45, 2.75) is 6.42 Å². The zero-order chi connectivity index (χ0) is 23.4. The maximum Gasteiger partial charge on any atom is 0.354 e. The molecule has 0 spiro atoms. The summed E-state index contributed by atoms with van der Waals surface area (Å²) in [5.41, 5.74) is 4.70. The summed E-state index contributed by atoms with van der Waals surface area (Å²) in [7, 11) is 4.21. The van der Waals surface area contributed by atoms with Crippen LogP contribution < -0.4 is 9.47 Å². The van der Waals surface area contributed by atoms with Gasteiger partial charge in [0.25, 0.3) is 0 Å². The Hall–Kier alpha value is -4.26. The zero-order valence-corrected chi connectivity index (χ0v) is 18.5. The van der Waals surface area contributed by atoms with E-state index < -0.39 is 5.97 Å². The highest BCUT2D eigenvalue weighted by Crippen LogP contribution is 2.36. The molecule has 0 radical (unpaired) electrons. The third-order valence-electron chi connectivity index (χ3n) is 5.38. The van der Waals surface area contributed by atoms with E-state index in [9.17, 15) is 9.59 Å². The summed E-state index contributed by atoms with van der Waals surface area (Å²) in [5, 5.41) is 8.57. The highest BCUT2D eigenvalue weighted by molar-refractivity contribution is 6.41. The normalized spacial score (nSPS) is 12.0. The number of methoxy groups -OCH3 is 3. The van der Waals surface area contributed by atoms with Crippen LogP contribution in [0.4, 0.5) is 0 Å². The second-order valence-electron chi connectivity index (χ2n) is 7.24. The molecule has 0 bridgehead atoms. The molecule has 3 aromatic carbocycles. The Morgan fingerprint density at radius 3 is 1.94 bits per heavy atom. The van der Waals surface area contributed by atoms with Crippen LogP contribution in [-0.4, -0.2) is 44.5 Å². The first-order valence-electron chi connectivity index (χ1n) is 10.2. The van der Waals surface area contributed by atoms with Crippen molar-refractivity contribution in [1.29, 1.82) is 0 Å². The van der Waals surface area contributed by atoms with Crippen LogP contribution in [0.2, 0.25) is 0 Å². The van der Waals surface area contributed by atoms with Crippen LogP contribution >= 0.6 is 0 Å². The van der Waals surface area contributed by atoms with Crippen molar-refractivity contribution in [3.05, 3.63) is 83.4 Å². The number of carbonyl (C=O) groups excluding carboxylic acids is 2. The van der Waals surface area contributed by atoms with Crippen molar-refractivity contribution in [3.8, 4) is 22.6 Å². The summed E-state index contributed by atoms with van der Waals surface area (Å²) in [6.45, 7) is 0. The Kier molecular flexibility index (Phi) is 6.31. The van der Waals surface area contributed by atoms with Gasteiger partial charge in [-0.3, -0.25) is 4.79 Å². The van der Waals surface area contributed by atoms with Crippen LogP contribution in [0.3, 0.4) is 0 Å². The molecule has 7 heteroatoms. The molecule has 1 aliphatic carbocycles. The van der Waals surface area contributed by atoms with Gasteiger partial charge >= 0.3 is 5.97 Å². The predicted octanol–water partition coefficient (Wildman–Crippen LogP) is 4.32. The van der Waals surface area contributed by atoms with E-state index in [4.69, 9.17) is 14.2 Å². The van der Waals surface area contributed by atoms with E-state index in [2.05, 4.69) is 10.2 Å². The van der Waals surface area contributed by atoms with Gasteiger partial charge < -0.3 is 14.2 Å². The van der Waals surface area contributed by atoms with Gasteiger partial charge in [0.1, 0.15) is 17.2 Å². The van der Waals surface area contributed by atoms with E-state index in [0.717, 1.165) is 22.3 Å². The Labute approximate surface area is 191 Å². The zero-order valence-electron chi connectivity index (χ0n) is 18.5. The lowest BCUT2D eigenvalue weighted by Crippen LogP contribution is -2.20. The number of rotatable bonds is 7. The summed E-state index contributed by atoms with van der Waals surface area (Å²) in [5.74, 6) is -0.235. The second kappa shape index (κ2) is 9.48. The van der Waals surface area contributed by atoms with Gasteiger partial charge in [0.05, 0.1) is 33.3 Å². The van der Waals surface area contributed by atoms with Crippen LogP contribution in [0.15, 0.2) is 76.9 Å². The summed E-state index contributed by atoms with van der Waals surface area (Å²) in [6, 6.07) is 20.6. The molecule has 0 atom stereocenters. The van der Waals surface area contributed by atoms with Crippen LogP contribution in [-0.2, 0) is 9.53 Å². The van der Waals surface area contributed by atoms with Crippen LogP contribution in [0.25, 0.3) is 11.1 Å². The number of esters is 1. The van der Waals surface area contributed by atoms with Gasteiger partial charge in [0.15, 0.2) is 11.5 Å². The molecule has 0 fully saturated rings. The molecule has 0 heterocycles. The van der Waals surface area contributed by atoms with E-state index >= 15 is 0 Å². The van der Waals surface area contributed by atoms with Crippen molar-refractivity contribution < 1.29 is 23.8 Å². The van der Waals surface area contributed by atoms with Crippen molar-refractivity contribution in [2.24, 2.45) is 10.2 Å². The summed E-state index contributed by atoms with van der Waals surface area (Å²) in [4.78, 5) is 25.5. The third kappa shape index (κ3) is 4.25. The molecule has 0 aliphatic heterocycles. The lowest BCUT2D eigenvalue weighted by atomic mass is 10.0. The molecule has 0 amide bonds. The molecular formula is C26H22N2O5. The second-order valence-corrected chi connectivity index (χ2v) is 7.24. The van der Waals surface area contributed by atoms with Crippen LogP contribution in [0, 0.1) is 0 Å². The lowest BCUT2D eigenvalue weighted by molar-refractivity contribution is -0.132. The Morgan fingerprint density at radius 1 is 0.788 bits per heavy atom. The number of nitrogens with zero attached hydrogens (tertiary/aromatic N) is 2. The van der Waals surface area contributed by atoms with Gasteiger partial charge in [0.2, 0.25) is 0 Å². The Balaban J connectivity index is 1.73. The highest BCUT2D eigenvalue weighted by Gasteiger charge is 2.25. The Bertz CT molecular complexity index is 1250. The van der Waals surface area contributed by atoms with Gasteiger partial charge in [-0.2, -0.15) is 0 Å². The molecule has 0 N–H and O–H groups in total. The first kappa shape index (κ1) is 22.0. The van der Waals surface area contributed by atoms with E-state index in [1.54, 1.807) is 18.2 Å². The smallest absolute Gasteiger partial charge is 0.354 e. The molecule has 4 rings (SSSR count). The number of hydrogen-bond acceptors (Lipinski definition) is 7. The largest absolute Gasteiger partial charge is 0.497 e.